The summed E-state index contributed by atoms with van der Waals surface area (Å²) in [4.78, 5) is 11.2. The molecular formula is C11H12ClF2NO2. The monoisotopic (exact) mass is 263 g/mol. The van der Waals surface area contributed by atoms with Gasteiger partial charge in [-0.15, -0.1) is 12.4 Å². The lowest BCUT2D eigenvalue weighted by Gasteiger charge is -2.43. The largest absolute Gasteiger partial charge is 0.481 e. The van der Waals surface area contributed by atoms with Crippen LogP contribution in [0.2, 0.25) is 0 Å². The van der Waals surface area contributed by atoms with Crippen molar-refractivity contribution in [2.75, 3.05) is 0 Å². The van der Waals surface area contributed by atoms with E-state index in [1.165, 1.54) is 6.07 Å². The molecule has 3 N–H and O–H groups in total. The number of hydrogen-bond donors (Lipinski definition) is 2. The Kier molecular flexibility index (Phi) is 3.74. The van der Waals surface area contributed by atoms with Gasteiger partial charge < -0.3 is 10.8 Å². The third kappa shape index (κ3) is 2.00. The average Bonchev–Trinajstić information content (AvgIpc) is 2.13. The van der Waals surface area contributed by atoms with Crippen molar-refractivity contribution >= 4 is 18.4 Å². The van der Waals surface area contributed by atoms with Gasteiger partial charge in [-0.1, -0.05) is 6.07 Å². The summed E-state index contributed by atoms with van der Waals surface area (Å²) in [5.74, 6) is -2.87. The summed E-state index contributed by atoms with van der Waals surface area (Å²) in [5, 5.41) is 9.11. The number of nitrogens with two attached hydrogens (primary N) is 1. The normalized spacial score (nSPS) is 26.9. The molecule has 17 heavy (non-hydrogen) atoms. The van der Waals surface area contributed by atoms with Crippen LogP contribution in [0.3, 0.4) is 0 Å². The Morgan fingerprint density at radius 2 is 1.82 bits per heavy atom. The third-order valence-corrected chi connectivity index (χ3v) is 3.07. The third-order valence-electron chi connectivity index (χ3n) is 3.07. The van der Waals surface area contributed by atoms with Crippen LogP contribution in [0.25, 0.3) is 0 Å². The van der Waals surface area contributed by atoms with Crippen molar-refractivity contribution in [1.82, 2.24) is 0 Å². The van der Waals surface area contributed by atoms with Gasteiger partial charge in [-0.25, -0.2) is 8.78 Å². The molecule has 0 heterocycles. The van der Waals surface area contributed by atoms with E-state index in [2.05, 4.69) is 0 Å². The highest BCUT2D eigenvalue weighted by molar-refractivity contribution is 5.85. The van der Waals surface area contributed by atoms with Crippen molar-refractivity contribution < 1.29 is 18.7 Å². The summed E-state index contributed by atoms with van der Waals surface area (Å²) in [6.07, 6.45) is 0.139. The van der Waals surface area contributed by atoms with Crippen LogP contribution in [-0.2, 0) is 10.2 Å². The predicted molar refractivity (Wildman–Crippen MR) is 60.1 cm³/mol. The first-order valence-electron chi connectivity index (χ1n) is 4.91. The minimum atomic E-state index is -1.49. The van der Waals surface area contributed by atoms with E-state index in [0.717, 1.165) is 12.1 Å². The van der Waals surface area contributed by atoms with Gasteiger partial charge in [0.25, 0.3) is 0 Å². The van der Waals surface area contributed by atoms with Gasteiger partial charge in [-0.05, 0) is 25.0 Å². The second-order valence-electron chi connectivity index (χ2n) is 4.15. The van der Waals surface area contributed by atoms with Crippen LogP contribution in [0.1, 0.15) is 18.4 Å². The Bertz CT molecular complexity index is 427. The zero-order valence-corrected chi connectivity index (χ0v) is 9.64. The molecule has 1 aromatic carbocycles. The molecule has 0 saturated heterocycles. The van der Waals surface area contributed by atoms with Crippen LogP contribution in [0.15, 0.2) is 18.2 Å². The highest BCUT2D eigenvalue weighted by atomic mass is 35.5. The molecule has 0 radical (unpaired) electrons. The van der Waals surface area contributed by atoms with Crippen molar-refractivity contribution in [2.24, 2.45) is 5.73 Å². The minimum absolute atomic E-state index is 0. The Morgan fingerprint density at radius 1 is 1.35 bits per heavy atom. The van der Waals surface area contributed by atoms with E-state index >= 15 is 0 Å². The predicted octanol–water partition coefficient (Wildman–Crippen LogP) is 1.83. The number of rotatable bonds is 2. The molecule has 2 rings (SSSR count). The van der Waals surface area contributed by atoms with E-state index in [1.54, 1.807) is 0 Å². The van der Waals surface area contributed by atoms with E-state index < -0.39 is 23.0 Å². The first-order valence-corrected chi connectivity index (χ1v) is 4.91. The van der Waals surface area contributed by atoms with Crippen molar-refractivity contribution in [2.45, 2.75) is 24.3 Å². The van der Waals surface area contributed by atoms with Crippen molar-refractivity contribution in [3.05, 3.63) is 35.4 Å². The molecule has 1 aliphatic rings. The quantitative estimate of drug-likeness (QED) is 0.856. The van der Waals surface area contributed by atoms with Gasteiger partial charge in [-0.3, -0.25) is 4.79 Å². The number of aliphatic carboxylic acids is 1. The van der Waals surface area contributed by atoms with Gasteiger partial charge in [0.2, 0.25) is 0 Å². The fourth-order valence-corrected chi connectivity index (χ4v) is 2.28. The molecule has 94 valence electrons. The standard InChI is InChI=1S/C11H11F2NO2.ClH/c12-7-2-1-3-8(13)9(7)11(10(15)16)4-6(14)5-11;/h1-3,6H,4-5,14H2,(H,15,16);1H. The van der Waals surface area contributed by atoms with Gasteiger partial charge in [-0.2, -0.15) is 0 Å². The zero-order valence-electron chi connectivity index (χ0n) is 8.82. The smallest absolute Gasteiger partial charge is 0.314 e. The fourth-order valence-electron chi connectivity index (χ4n) is 2.28. The molecule has 3 nitrogen and oxygen atoms in total. The molecule has 0 unspecified atom stereocenters. The van der Waals surface area contributed by atoms with E-state index in [1.807, 2.05) is 0 Å². The van der Waals surface area contributed by atoms with Gasteiger partial charge in [0, 0.05) is 11.6 Å². The Balaban J connectivity index is 0.00000144. The highest BCUT2D eigenvalue weighted by Gasteiger charge is 2.53. The first kappa shape index (κ1) is 13.9. The van der Waals surface area contributed by atoms with Gasteiger partial charge >= 0.3 is 5.97 Å². The molecule has 0 bridgehead atoms. The van der Waals surface area contributed by atoms with Gasteiger partial charge in [0.1, 0.15) is 17.0 Å². The second-order valence-corrected chi connectivity index (χ2v) is 4.15. The maximum atomic E-state index is 13.5. The van der Waals surface area contributed by atoms with E-state index in [0.29, 0.717) is 0 Å². The molecule has 0 atom stereocenters. The molecule has 0 amide bonds. The highest BCUT2D eigenvalue weighted by Crippen LogP contribution is 2.45. The fraction of sp³-hybridized carbons (Fsp3) is 0.364. The Morgan fingerprint density at radius 3 is 2.18 bits per heavy atom. The molecule has 1 saturated carbocycles. The maximum Gasteiger partial charge on any atom is 0.314 e. The molecule has 6 heteroatoms. The number of hydrogen-bond acceptors (Lipinski definition) is 2. The van der Waals surface area contributed by atoms with Crippen LogP contribution in [0, 0.1) is 11.6 Å². The summed E-state index contributed by atoms with van der Waals surface area (Å²) in [5.41, 5.74) is 3.66. The Hall–Kier alpha value is -1.20. The summed E-state index contributed by atoms with van der Waals surface area (Å²) in [6.45, 7) is 0. The molecular weight excluding hydrogens is 252 g/mol. The maximum absolute atomic E-state index is 13.5. The second kappa shape index (κ2) is 4.58. The van der Waals surface area contributed by atoms with Crippen LogP contribution >= 0.6 is 12.4 Å². The zero-order chi connectivity index (χ0) is 11.9. The lowest BCUT2D eigenvalue weighted by Crippen LogP contribution is -2.55. The first-order chi connectivity index (χ1) is 7.47. The van der Waals surface area contributed by atoms with Gasteiger partial charge in [0.15, 0.2) is 0 Å². The number of carbonyl (C=O) groups is 1. The summed E-state index contributed by atoms with van der Waals surface area (Å²) < 4.78 is 27.0. The van der Waals surface area contributed by atoms with E-state index in [4.69, 9.17) is 10.8 Å². The van der Waals surface area contributed by atoms with E-state index in [9.17, 15) is 13.6 Å². The SMILES string of the molecule is Cl.NC1CC(C(=O)O)(c2c(F)cccc2F)C1. The number of carboxylic acid groups (broad SMARTS) is 1. The van der Waals surface area contributed by atoms with Crippen molar-refractivity contribution in [1.29, 1.82) is 0 Å². The van der Waals surface area contributed by atoms with Crippen LogP contribution in [0.5, 0.6) is 0 Å². The molecule has 0 spiro atoms. The molecule has 1 aromatic rings. The molecule has 1 aliphatic carbocycles. The lowest BCUT2D eigenvalue weighted by molar-refractivity contribution is -0.148. The summed E-state index contributed by atoms with van der Waals surface area (Å²) in [7, 11) is 0. The van der Waals surface area contributed by atoms with Crippen molar-refractivity contribution in [3.63, 3.8) is 0 Å². The van der Waals surface area contributed by atoms with Crippen molar-refractivity contribution in [3.8, 4) is 0 Å². The summed E-state index contributed by atoms with van der Waals surface area (Å²) >= 11 is 0. The molecule has 0 aromatic heterocycles. The number of halogens is 3. The van der Waals surface area contributed by atoms with E-state index in [-0.39, 0.29) is 36.9 Å². The number of benzene rings is 1. The Labute approximate surface area is 103 Å². The topological polar surface area (TPSA) is 63.3 Å². The molecule has 0 aliphatic heterocycles. The van der Waals surface area contributed by atoms with Crippen LogP contribution < -0.4 is 5.73 Å². The van der Waals surface area contributed by atoms with Gasteiger partial charge in [0.05, 0.1) is 0 Å². The molecule has 1 fully saturated rings. The number of carboxylic acids is 1. The summed E-state index contributed by atoms with van der Waals surface area (Å²) in [6, 6.07) is 3.03. The van der Waals surface area contributed by atoms with Crippen LogP contribution in [0.4, 0.5) is 8.78 Å². The average molecular weight is 264 g/mol. The minimum Gasteiger partial charge on any atom is -0.481 e. The lowest BCUT2D eigenvalue weighted by atomic mass is 9.61. The van der Waals surface area contributed by atoms with Crippen LogP contribution in [-0.4, -0.2) is 17.1 Å².